The van der Waals surface area contributed by atoms with E-state index in [1.54, 1.807) is 11.6 Å². The van der Waals surface area contributed by atoms with Crippen molar-refractivity contribution < 1.29 is 4.92 Å². The van der Waals surface area contributed by atoms with Crippen LogP contribution >= 0.6 is 11.3 Å². The highest BCUT2D eigenvalue weighted by atomic mass is 32.1. The monoisotopic (exact) mass is 345 g/mol. The molecule has 0 saturated heterocycles. The largest absolute Gasteiger partial charge is 0.372 e. The number of imidazole rings is 1. The molecule has 2 heterocycles. The van der Waals surface area contributed by atoms with Crippen LogP contribution in [0.1, 0.15) is 18.1 Å². The number of nitrogens with zero attached hydrogens (tertiary/aromatic N) is 4. The lowest BCUT2D eigenvalue weighted by atomic mass is 10.1. The van der Waals surface area contributed by atoms with E-state index in [0.717, 1.165) is 18.7 Å². The molecule has 0 atom stereocenters. The molecule has 0 aliphatic rings. The lowest BCUT2D eigenvalue weighted by Crippen LogP contribution is -2.16. The van der Waals surface area contributed by atoms with Crippen molar-refractivity contribution in [2.75, 3.05) is 18.9 Å². The average Bonchev–Trinajstić information content (AvgIpc) is 3.13. The maximum Gasteiger partial charge on any atom is 0.372 e. The van der Waals surface area contributed by atoms with Crippen molar-refractivity contribution in [1.29, 1.82) is 0 Å². The Balaban J connectivity index is 1.76. The standard InChI is InChI=1S/C16H19N5O2S/c1-3-19(2)11-13-6-4-5-12(9-13)10-17-14-15(21(22)23)20-7-8-24-16(20)18-14/h4-9,17H,3,10-11H2,1-2H3. The highest BCUT2D eigenvalue weighted by molar-refractivity contribution is 7.15. The summed E-state index contributed by atoms with van der Waals surface area (Å²) < 4.78 is 1.50. The zero-order valence-electron chi connectivity index (χ0n) is 13.6. The Kier molecular flexibility index (Phi) is 4.77. The van der Waals surface area contributed by atoms with Crippen molar-refractivity contribution >= 4 is 27.9 Å². The summed E-state index contributed by atoms with van der Waals surface area (Å²) in [6, 6.07) is 8.22. The number of aromatic nitrogens is 2. The zero-order chi connectivity index (χ0) is 17.1. The molecule has 126 valence electrons. The summed E-state index contributed by atoms with van der Waals surface area (Å²) in [5, 5.41) is 16.2. The van der Waals surface area contributed by atoms with Crippen molar-refractivity contribution in [1.82, 2.24) is 14.3 Å². The third kappa shape index (κ3) is 3.39. The van der Waals surface area contributed by atoms with E-state index in [0.29, 0.717) is 17.3 Å². The van der Waals surface area contributed by atoms with Gasteiger partial charge in [-0.15, -0.1) is 0 Å². The van der Waals surface area contributed by atoms with Crippen LogP contribution in [-0.4, -0.2) is 32.8 Å². The molecule has 0 spiro atoms. The van der Waals surface area contributed by atoms with Gasteiger partial charge in [-0.1, -0.05) is 42.5 Å². The van der Waals surface area contributed by atoms with E-state index >= 15 is 0 Å². The Bertz CT molecular complexity index is 857. The third-order valence-electron chi connectivity index (χ3n) is 3.85. The van der Waals surface area contributed by atoms with Gasteiger partial charge >= 0.3 is 5.82 Å². The van der Waals surface area contributed by atoms with Crippen LogP contribution in [0.4, 0.5) is 11.6 Å². The van der Waals surface area contributed by atoms with Crippen molar-refractivity contribution in [3.05, 3.63) is 57.1 Å². The zero-order valence-corrected chi connectivity index (χ0v) is 14.4. The molecule has 7 nitrogen and oxygen atoms in total. The predicted molar refractivity (Wildman–Crippen MR) is 95.5 cm³/mol. The predicted octanol–water partition coefficient (Wildman–Crippen LogP) is 3.37. The summed E-state index contributed by atoms with van der Waals surface area (Å²) in [6.45, 7) is 4.48. The number of hydrogen-bond acceptors (Lipinski definition) is 6. The van der Waals surface area contributed by atoms with E-state index in [9.17, 15) is 10.1 Å². The molecule has 0 saturated carbocycles. The normalized spacial score (nSPS) is 11.3. The molecule has 1 aromatic carbocycles. The molecule has 0 radical (unpaired) electrons. The van der Waals surface area contributed by atoms with Gasteiger partial charge in [-0.05, 0) is 29.6 Å². The maximum atomic E-state index is 11.3. The van der Waals surface area contributed by atoms with Gasteiger partial charge in [0, 0.05) is 18.5 Å². The second-order valence-corrected chi connectivity index (χ2v) is 6.47. The molecule has 1 N–H and O–H groups in total. The van der Waals surface area contributed by atoms with Gasteiger partial charge in [0.2, 0.25) is 5.82 Å². The summed E-state index contributed by atoms with van der Waals surface area (Å²) in [6.07, 6.45) is 1.66. The molecule has 2 aromatic heterocycles. The number of hydrogen-bond donors (Lipinski definition) is 1. The highest BCUT2D eigenvalue weighted by Crippen LogP contribution is 2.28. The van der Waals surface area contributed by atoms with Crippen LogP contribution in [0.15, 0.2) is 35.8 Å². The first-order chi connectivity index (χ1) is 11.6. The summed E-state index contributed by atoms with van der Waals surface area (Å²) in [4.78, 5) is 18.1. The van der Waals surface area contributed by atoms with Gasteiger partial charge in [0.25, 0.3) is 4.96 Å². The van der Waals surface area contributed by atoms with Crippen LogP contribution in [-0.2, 0) is 13.1 Å². The fraction of sp³-hybridized carbons (Fsp3) is 0.312. The van der Waals surface area contributed by atoms with E-state index in [1.807, 2.05) is 12.1 Å². The molecule has 24 heavy (non-hydrogen) atoms. The van der Waals surface area contributed by atoms with Crippen LogP contribution in [0.5, 0.6) is 0 Å². The van der Waals surface area contributed by atoms with Gasteiger partial charge in [0.15, 0.2) is 0 Å². The fourth-order valence-corrected chi connectivity index (χ4v) is 3.22. The van der Waals surface area contributed by atoms with E-state index < -0.39 is 4.92 Å². The van der Waals surface area contributed by atoms with Crippen molar-refractivity contribution in [3.63, 3.8) is 0 Å². The van der Waals surface area contributed by atoms with Crippen LogP contribution in [0.2, 0.25) is 0 Å². The van der Waals surface area contributed by atoms with Crippen LogP contribution in [0.25, 0.3) is 4.96 Å². The van der Waals surface area contributed by atoms with Gasteiger partial charge in [-0.25, -0.2) is 0 Å². The molecule has 0 aliphatic heterocycles. The highest BCUT2D eigenvalue weighted by Gasteiger charge is 2.23. The molecule has 0 unspecified atom stereocenters. The number of anilines is 1. The van der Waals surface area contributed by atoms with Crippen molar-refractivity contribution in [3.8, 4) is 0 Å². The summed E-state index contributed by atoms with van der Waals surface area (Å²) in [7, 11) is 2.08. The van der Waals surface area contributed by atoms with E-state index in [2.05, 4.69) is 41.3 Å². The molecular formula is C16H19N5O2S. The van der Waals surface area contributed by atoms with Crippen LogP contribution < -0.4 is 5.32 Å². The summed E-state index contributed by atoms with van der Waals surface area (Å²) in [5.41, 5.74) is 2.29. The Hall–Kier alpha value is -2.45. The Morgan fingerprint density at radius 2 is 2.21 bits per heavy atom. The second-order valence-electron chi connectivity index (χ2n) is 5.60. The minimum absolute atomic E-state index is 0.0203. The molecule has 0 fully saturated rings. The van der Waals surface area contributed by atoms with Gasteiger partial charge < -0.3 is 20.3 Å². The molecule has 8 heteroatoms. The quantitative estimate of drug-likeness (QED) is 0.525. The van der Waals surface area contributed by atoms with E-state index in [-0.39, 0.29) is 5.82 Å². The van der Waals surface area contributed by atoms with E-state index in [1.165, 1.54) is 21.3 Å². The molecule has 0 amide bonds. The first kappa shape index (κ1) is 16.4. The molecule has 0 bridgehead atoms. The SMILES string of the molecule is CCN(C)Cc1cccc(CNc2nc3sccn3c2[N+](=O)[O-])c1. The maximum absolute atomic E-state index is 11.3. The number of thiazole rings is 1. The van der Waals surface area contributed by atoms with Crippen LogP contribution in [0.3, 0.4) is 0 Å². The smallest absolute Gasteiger partial charge is 0.359 e. The first-order valence-electron chi connectivity index (χ1n) is 7.68. The van der Waals surface area contributed by atoms with Gasteiger partial charge in [-0.2, -0.15) is 9.38 Å². The second kappa shape index (κ2) is 6.98. The molecule has 3 aromatic rings. The lowest BCUT2D eigenvalue weighted by Gasteiger charge is -2.14. The number of nitrogens with one attached hydrogen (secondary N) is 1. The number of rotatable bonds is 7. The topological polar surface area (TPSA) is 75.7 Å². The number of nitro groups is 1. The van der Waals surface area contributed by atoms with Gasteiger partial charge in [0.05, 0.1) is 0 Å². The third-order valence-corrected chi connectivity index (χ3v) is 4.61. The number of fused-ring (bicyclic) bond motifs is 1. The Morgan fingerprint density at radius 1 is 1.42 bits per heavy atom. The van der Waals surface area contributed by atoms with Crippen LogP contribution in [0, 0.1) is 10.1 Å². The number of benzene rings is 1. The molecule has 3 rings (SSSR count). The van der Waals surface area contributed by atoms with E-state index in [4.69, 9.17) is 0 Å². The van der Waals surface area contributed by atoms with Gasteiger partial charge in [-0.3, -0.25) is 0 Å². The lowest BCUT2D eigenvalue weighted by molar-refractivity contribution is -0.389. The summed E-state index contributed by atoms with van der Waals surface area (Å²) in [5.74, 6) is 0.288. The fourth-order valence-electron chi connectivity index (χ4n) is 2.51. The first-order valence-corrected chi connectivity index (χ1v) is 8.56. The minimum atomic E-state index is -0.401. The van der Waals surface area contributed by atoms with Crippen molar-refractivity contribution in [2.45, 2.75) is 20.0 Å². The molecular weight excluding hydrogens is 326 g/mol. The molecule has 0 aliphatic carbocycles. The summed E-state index contributed by atoms with van der Waals surface area (Å²) >= 11 is 1.38. The Labute approximate surface area is 143 Å². The Morgan fingerprint density at radius 3 is 2.96 bits per heavy atom. The van der Waals surface area contributed by atoms with Crippen molar-refractivity contribution in [2.24, 2.45) is 0 Å². The average molecular weight is 345 g/mol. The minimum Gasteiger partial charge on any atom is -0.359 e. The van der Waals surface area contributed by atoms with Gasteiger partial charge in [0.1, 0.15) is 6.20 Å².